The topological polar surface area (TPSA) is 57.4 Å². The summed E-state index contributed by atoms with van der Waals surface area (Å²) in [7, 11) is 0. The second-order valence-electron chi connectivity index (χ2n) is 6.47. The smallest absolute Gasteiger partial charge is 0.251 e. The molecule has 4 aliphatic rings. The van der Waals surface area contributed by atoms with Crippen LogP contribution in [0.25, 0.3) is 0 Å². The number of piperazine rings is 2. The maximum atomic E-state index is 12.5. The van der Waals surface area contributed by atoms with Gasteiger partial charge in [0.2, 0.25) is 0 Å². The van der Waals surface area contributed by atoms with Crippen molar-refractivity contribution in [2.24, 2.45) is 0 Å². The summed E-state index contributed by atoms with van der Waals surface area (Å²) in [4.78, 5) is 0. The van der Waals surface area contributed by atoms with Crippen molar-refractivity contribution in [2.45, 2.75) is 71.4 Å². The third kappa shape index (κ3) is 7.72. The number of rotatable bonds is 0. The average molecular weight is 383 g/mol. The zero-order valence-electron chi connectivity index (χ0n) is 17.7. The van der Waals surface area contributed by atoms with Gasteiger partial charge in [0, 0.05) is 59.1 Å². The first-order valence-corrected chi connectivity index (χ1v) is 10.4. The van der Waals surface area contributed by atoms with Crippen LogP contribution < -0.4 is 21.3 Å². The fourth-order valence-electron chi connectivity index (χ4n) is 3.35. The molecular weight excluding hydrogens is 338 g/mol. The monoisotopic (exact) mass is 382 g/mol. The molecule has 0 amide bonds. The maximum Gasteiger partial charge on any atom is 0.251 e. The number of ether oxygens (including phenoxy) is 1. The van der Waals surface area contributed by atoms with E-state index in [1.165, 1.54) is 0 Å². The van der Waals surface area contributed by atoms with E-state index < -0.39 is 5.92 Å². The lowest BCUT2D eigenvalue weighted by Gasteiger charge is -2.50. The highest BCUT2D eigenvalue weighted by Gasteiger charge is 2.56. The number of alkyl halides is 2. The Morgan fingerprint density at radius 3 is 1.35 bits per heavy atom. The summed E-state index contributed by atoms with van der Waals surface area (Å²) >= 11 is 0. The molecule has 3 heterocycles. The molecule has 2 spiro atoms. The van der Waals surface area contributed by atoms with E-state index in [4.69, 9.17) is 4.74 Å². The van der Waals surface area contributed by atoms with Gasteiger partial charge in [-0.2, -0.15) is 0 Å². The van der Waals surface area contributed by atoms with Gasteiger partial charge < -0.3 is 26.0 Å². The summed E-state index contributed by atoms with van der Waals surface area (Å²) in [6.45, 7) is 19.4. The van der Waals surface area contributed by atoms with Gasteiger partial charge in [-0.05, 0) is 0 Å². The fraction of sp³-hybridized carbons (Fsp3) is 1.00. The van der Waals surface area contributed by atoms with Crippen molar-refractivity contribution >= 4 is 0 Å². The van der Waals surface area contributed by atoms with Gasteiger partial charge in [0.15, 0.2) is 0 Å². The molecule has 0 aromatic carbocycles. The Kier molecular flexibility index (Phi) is 12.8. The lowest BCUT2D eigenvalue weighted by Crippen LogP contribution is -2.69. The van der Waals surface area contributed by atoms with Crippen molar-refractivity contribution < 1.29 is 14.9 Å². The van der Waals surface area contributed by atoms with E-state index in [1.807, 2.05) is 41.5 Å². The molecule has 0 aromatic rings. The summed E-state index contributed by atoms with van der Waals surface area (Å²) in [6.07, 6.45) is 0.0139. The molecule has 4 fully saturated rings. The molecule has 0 bridgehead atoms. The normalized spacial score (nSPS) is 25.8. The summed E-state index contributed by atoms with van der Waals surface area (Å²) in [6, 6.07) is 0. The van der Waals surface area contributed by atoms with Gasteiger partial charge in [0.05, 0.1) is 18.8 Å². The van der Waals surface area contributed by atoms with Crippen LogP contribution in [-0.2, 0) is 4.74 Å². The molecule has 26 heavy (non-hydrogen) atoms. The third-order valence-corrected chi connectivity index (χ3v) is 4.48. The first kappa shape index (κ1) is 25.7. The molecule has 4 N–H and O–H groups in total. The Hall–Kier alpha value is -0.340. The summed E-state index contributed by atoms with van der Waals surface area (Å²) < 4.78 is 30.1. The highest BCUT2D eigenvalue weighted by molar-refractivity contribution is 5.08. The van der Waals surface area contributed by atoms with Crippen molar-refractivity contribution in [3.63, 3.8) is 0 Å². The van der Waals surface area contributed by atoms with Crippen LogP contribution in [0.3, 0.4) is 0 Å². The first-order valence-electron chi connectivity index (χ1n) is 10.4. The van der Waals surface area contributed by atoms with E-state index in [9.17, 15) is 8.78 Å². The van der Waals surface area contributed by atoms with Crippen LogP contribution in [0.5, 0.6) is 0 Å². The predicted molar refractivity (Wildman–Crippen MR) is 108 cm³/mol. The minimum atomic E-state index is -2.41. The Balaban J connectivity index is 0. The molecular formula is C19H44F2N4O. The van der Waals surface area contributed by atoms with Gasteiger partial charge >= 0.3 is 0 Å². The van der Waals surface area contributed by atoms with Gasteiger partial charge in [-0.15, -0.1) is 0 Å². The lowest BCUT2D eigenvalue weighted by atomic mass is 9.72. The molecule has 1 aliphatic carbocycles. The van der Waals surface area contributed by atoms with E-state index in [-0.39, 0.29) is 19.8 Å². The third-order valence-electron chi connectivity index (χ3n) is 4.48. The molecule has 0 radical (unpaired) electrons. The van der Waals surface area contributed by atoms with Crippen molar-refractivity contribution in [1.82, 2.24) is 21.3 Å². The first-order chi connectivity index (χ1) is 12.5. The number of hydrogen-bond acceptors (Lipinski definition) is 5. The van der Waals surface area contributed by atoms with Crippen LogP contribution >= 0.6 is 0 Å². The van der Waals surface area contributed by atoms with Gasteiger partial charge in [-0.3, -0.25) is 0 Å². The van der Waals surface area contributed by atoms with E-state index in [0.717, 1.165) is 45.9 Å². The molecule has 1 saturated carbocycles. The van der Waals surface area contributed by atoms with Crippen LogP contribution in [0, 0.1) is 0 Å². The van der Waals surface area contributed by atoms with E-state index in [2.05, 4.69) is 21.3 Å². The Morgan fingerprint density at radius 2 is 1.12 bits per heavy atom. The van der Waals surface area contributed by atoms with Crippen molar-refractivity contribution in [2.75, 3.05) is 52.5 Å². The molecule has 3 saturated heterocycles. The molecule has 7 heteroatoms. The van der Waals surface area contributed by atoms with E-state index in [1.54, 1.807) is 0 Å². The number of nitrogens with one attached hydrogen (secondary N) is 4. The highest BCUT2D eigenvalue weighted by atomic mass is 19.3. The van der Waals surface area contributed by atoms with Crippen LogP contribution in [0.15, 0.2) is 0 Å². The number of halogens is 2. The van der Waals surface area contributed by atoms with Crippen molar-refractivity contribution in [1.29, 1.82) is 0 Å². The second kappa shape index (κ2) is 12.9. The summed E-state index contributed by atoms with van der Waals surface area (Å²) in [5, 5.41) is 13.0. The molecule has 0 unspecified atom stereocenters. The average Bonchev–Trinajstić information content (AvgIpc) is 2.66. The Labute approximate surface area is 160 Å². The van der Waals surface area contributed by atoms with E-state index >= 15 is 0 Å². The maximum absolute atomic E-state index is 12.5. The lowest BCUT2D eigenvalue weighted by molar-refractivity contribution is -0.136. The zero-order valence-corrected chi connectivity index (χ0v) is 17.7. The van der Waals surface area contributed by atoms with Gasteiger partial charge in [-0.1, -0.05) is 41.5 Å². The van der Waals surface area contributed by atoms with E-state index in [0.29, 0.717) is 12.1 Å². The Morgan fingerprint density at radius 1 is 0.692 bits per heavy atom. The number of hydrogen-bond donors (Lipinski definition) is 4. The Bertz CT molecular complexity index is 335. The SMILES string of the molecule is C1CNC2(CN1)COC2.CC.CC.CC.FC1(F)CC2(CNCCN2)C1.[HH]. The molecule has 3 aliphatic heterocycles. The minimum Gasteiger partial charge on any atom is -0.377 e. The standard InChI is InChI=1S/C7H12F2N2.C6H12N2O.3C2H6.H2/c8-7(9)3-6(4-7)5-10-1-2-11-6;1-2-8-6(3-7-1)4-9-5-6;3*1-2;/h10-11H,1-5H2;7-8H,1-5H2;3*1-2H3;1H. The van der Waals surface area contributed by atoms with Gasteiger partial charge in [-0.25, -0.2) is 8.78 Å². The molecule has 4 rings (SSSR count). The van der Waals surface area contributed by atoms with Gasteiger partial charge in [0.25, 0.3) is 5.92 Å². The van der Waals surface area contributed by atoms with Crippen LogP contribution in [0.1, 0.15) is 55.8 Å². The van der Waals surface area contributed by atoms with Crippen LogP contribution in [0.4, 0.5) is 8.78 Å². The van der Waals surface area contributed by atoms with Crippen molar-refractivity contribution in [3.8, 4) is 0 Å². The minimum absolute atomic E-state index is 0. The summed E-state index contributed by atoms with van der Waals surface area (Å²) in [5.41, 5.74) is 0.0417. The largest absolute Gasteiger partial charge is 0.377 e. The molecule has 0 atom stereocenters. The summed E-state index contributed by atoms with van der Waals surface area (Å²) in [5.74, 6) is -2.41. The second-order valence-corrected chi connectivity index (χ2v) is 6.47. The molecule has 5 nitrogen and oxygen atoms in total. The van der Waals surface area contributed by atoms with Gasteiger partial charge in [0.1, 0.15) is 0 Å². The van der Waals surface area contributed by atoms with Crippen LogP contribution in [0.2, 0.25) is 0 Å². The quantitative estimate of drug-likeness (QED) is 0.519. The predicted octanol–water partition coefficient (Wildman–Crippen LogP) is 2.62. The highest BCUT2D eigenvalue weighted by Crippen LogP contribution is 2.45. The van der Waals surface area contributed by atoms with Crippen LogP contribution in [-0.4, -0.2) is 69.5 Å². The van der Waals surface area contributed by atoms with Crippen molar-refractivity contribution in [3.05, 3.63) is 0 Å². The molecule has 0 aromatic heterocycles. The zero-order chi connectivity index (χ0) is 20.1. The molecule has 160 valence electrons. The fourth-order valence-corrected chi connectivity index (χ4v) is 3.35.